The SMILES string of the molecule is CCc1nc2c(-c3ccc(-c4ccc(CC(C)CC)cc4F)s3)c3nsnc3c(-c3ccc(-c4ccc(CC(C)CC)cc4F)s3)c2nc1CC. The molecule has 7 aromatic rings. The van der Waals surface area contributed by atoms with Gasteiger partial charge >= 0.3 is 0 Å². The Morgan fingerprint density at radius 3 is 1.33 bits per heavy atom. The molecule has 7 rings (SSSR count). The maximum absolute atomic E-state index is 15.6. The van der Waals surface area contributed by atoms with Gasteiger partial charge in [0.15, 0.2) is 0 Å². The summed E-state index contributed by atoms with van der Waals surface area (Å²) in [6.45, 7) is 12.9. The Morgan fingerprint density at radius 2 is 0.961 bits per heavy atom. The van der Waals surface area contributed by atoms with Crippen molar-refractivity contribution in [2.45, 2.75) is 80.1 Å². The van der Waals surface area contributed by atoms with Crippen LogP contribution in [0.15, 0.2) is 60.7 Å². The van der Waals surface area contributed by atoms with Crippen LogP contribution >= 0.6 is 34.4 Å². The molecule has 0 saturated heterocycles. The molecule has 0 aliphatic rings. The lowest BCUT2D eigenvalue weighted by molar-refractivity contribution is 0.556. The maximum atomic E-state index is 15.6. The van der Waals surface area contributed by atoms with E-state index < -0.39 is 0 Å². The van der Waals surface area contributed by atoms with Crippen LogP contribution in [0.2, 0.25) is 0 Å². The smallest absolute Gasteiger partial charge is 0.132 e. The van der Waals surface area contributed by atoms with Crippen molar-refractivity contribution in [1.82, 2.24) is 18.7 Å². The minimum atomic E-state index is -0.208. The van der Waals surface area contributed by atoms with E-state index in [9.17, 15) is 0 Å². The molecule has 9 heteroatoms. The summed E-state index contributed by atoms with van der Waals surface area (Å²) in [7, 11) is 0. The third-order valence-electron chi connectivity index (χ3n) is 10.0. The molecule has 0 saturated carbocycles. The van der Waals surface area contributed by atoms with Gasteiger partial charge in [-0.15, -0.1) is 22.7 Å². The fraction of sp³-hybridized carbons (Fsp3) is 0.333. The predicted octanol–water partition coefficient (Wildman–Crippen LogP) is 13.0. The molecule has 0 aliphatic heterocycles. The van der Waals surface area contributed by atoms with Gasteiger partial charge in [-0.2, -0.15) is 8.75 Å². The normalized spacial score (nSPS) is 13.0. The second-order valence-corrected chi connectivity index (χ2v) is 16.3. The van der Waals surface area contributed by atoms with E-state index >= 15 is 8.78 Å². The molecule has 3 aromatic carbocycles. The molecule has 4 aromatic heterocycles. The number of halogens is 2. The van der Waals surface area contributed by atoms with Crippen LogP contribution in [0.3, 0.4) is 0 Å². The molecule has 4 heterocycles. The average molecular weight is 737 g/mol. The molecule has 262 valence electrons. The summed E-state index contributed by atoms with van der Waals surface area (Å²) in [6.07, 6.45) is 5.33. The van der Waals surface area contributed by atoms with E-state index in [1.165, 1.54) is 22.7 Å². The lowest BCUT2D eigenvalue weighted by Gasteiger charge is -2.14. The molecule has 0 amide bonds. The minimum Gasteiger partial charge on any atom is -0.249 e. The van der Waals surface area contributed by atoms with Crippen molar-refractivity contribution in [3.63, 3.8) is 0 Å². The highest BCUT2D eigenvalue weighted by Gasteiger charge is 2.26. The van der Waals surface area contributed by atoms with Gasteiger partial charge in [-0.3, -0.25) is 0 Å². The minimum absolute atomic E-state index is 0.208. The first-order valence-corrected chi connectivity index (χ1v) is 20.3. The van der Waals surface area contributed by atoms with E-state index in [0.29, 0.717) is 23.0 Å². The zero-order valence-electron chi connectivity index (χ0n) is 29.9. The highest BCUT2D eigenvalue weighted by Crippen LogP contribution is 2.47. The van der Waals surface area contributed by atoms with Crippen LogP contribution in [0.4, 0.5) is 8.78 Å². The van der Waals surface area contributed by atoms with Gasteiger partial charge in [0.25, 0.3) is 0 Å². The van der Waals surface area contributed by atoms with E-state index in [1.807, 2.05) is 48.5 Å². The van der Waals surface area contributed by atoms with Gasteiger partial charge in [0.2, 0.25) is 0 Å². The molecule has 2 atom stereocenters. The fourth-order valence-corrected chi connectivity index (χ4v) is 9.45. The van der Waals surface area contributed by atoms with Gasteiger partial charge in [0, 0.05) is 41.8 Å². The quantitative estimate of drug-likeness (QED) is 0.125. The van der Waals surface area contributed by atoms with Crippen molar-refractivity contribution >= 4 is 56.5 Å². The first-order valence-electron chi connectivity index (χ1n) is 18.0. The van der Waals surface area contributed by atoms with Crippen molar-refractivity contribution < 1.29 is 8.78 Å². The Bertz CT molecular complexity index is 2190. The standard InChI is InChI=1S/C42H42F2N4S3/c1-7-23(5)19-25-11-13-27(29(43)21-25)33-15-17-35(49-33)37-39-40(46-32(10-4)31(9-3)45-39)38(42-41(37)47-51-48-42)36-18-16-34(50-36)28-14-12-26(22-30(28)44)20-24(6)8-2/h11-18,21-24H,7-10,19-20H2,1-6H3. The van der Waals surface area contributed by atoms with E-state index in [-0.39, 0.29) is 11.6 Å². The van der Waals surface area contributed by atoms with Crippen LogP contribution in [0.25, 0.3) is 63.8 Å². The van der Waals surface area contributed by atoms with E-state index in [1.54, 1.807) is 12.1 Å². The average Bonchev–Trinajstić information content (AvgIpc) is 3.92. The summed E-state index contributed by atoms with van der Waals surface area (Å²) >= 11 is 4.23. The van der Waals surface area contributed by atoms with Gasteiger partial charge in [-0.05, 0) is 85.0 Å². The number of hydrogen-bond acceptors (Lipinski definition) is 7. The van der Waals surface area contributed by atoms with E-state index in [4.69, 9.17) is 18.7 Å². The molecule has 51 heavy (non-hydrogen) atoms. The van der Waals surface area contributed by atoms with Gasteiger partial charge in [-0.25, -0.2) is 18.7 Å². The molecule has 0 radical (unpaired) electrons. The lowest BCUT2D eigenvalue weighted by Crippen LogP contribution is -2.03. The van der Waals surface area contributed by atoms with Gasteiger partial charge in [0.05, 0.1) is 23.1 Å². The van der Waals surface area contributed by atoms with Crippen LogP contribution in [-0.2, 0) is 25.7 Å². The third kappa shape index (κ3) is 6.88. The number of benzene rings is 3. The van der Waals surface area contributed by atoms with Crippen LogP contribution < -0.4 is 0 Å². The summed E-state index contributed by atoms with van der Waals surface area (Å²) in [4.78, 5) is 14.1. The Morgan fingerprint density at radius 1 is 0.549 bits per heavy atom. The number of aromatic nitrogens is 4. The van der Waals surface area contributed by atoms with Crippen molar-refractivity contribution in [2.75, 3.05) is 0 Å². The Balaban J connectivity index is 1.36. The molecule has 2 unspecified atom stereocenters. The second kappa shape index (κ2) is 15.0. The monoisotopic (exact) mass is 736 g/mol. The molecule has 0 N–H and O–H groups in total. The molecule has 0 spiro atoms. The summed E-state index contributed by atoms with van der Waals surface area (Å²) in [6, 6.07) is 19.3. The topological polar surface area (TPSA) is 51.6 Å². The molecule has 0 bridgehead atoms. The third-order valence-corrected chi connectivity index (χ3v) is 12.8. The van der Waals surface area contributed by atoms with Gasteiger partial charge in [-0.1, -0.05) is 78.6 Å². The molecule has 0 aliphatic carbocycles. The first-order chi connectivity index (χ1) is 24.7. The molecular formula is C42H42F2N4S3. The number of thiophene rings is 2. The number of rotatable bonds is 12. The highest BCUT2D eigenvalue weighted by atomic mass is 32.1. The molecular weight excluding hydrogens is 695 g/mol. The van der Waals surface area contributed by atoms with Crippen LogP contribution in [0.1, 0.15) is 76.9 Å². The maximum Gasteiger partial charge on any atom is 0.132 e. The lowest BCUT2D eigenvalue weighted by atomic mass is 9.97. The summed E-state index contributed by atoms with van der Waals surface area (Å²) in [5.41, 5.74) is 9.86. The predicted molar refractivity (Wildman–Crippen MR) is 213 cm³/mol. The second-order valence-electron chi connectivity index (χ2n) is 13.6. The van der Waals surface area contributed by atoms with Gasteiger partial charge in [0.1, 0.15) is 33.7 Å². The van der Waals surface area contributed by atoms with Crippen LogP contribution in [0.5, 0.6) is 0 Å². The number of fused-ring (bicyclic) bond motifs is 2. The van der Waals surface area contributed by atoms with E-state index in [2.05, 4.69) is 41.5 Å². The van der Waals surface area contributed by atoms with Crippen molar-refractivity contribution in [3.8, 4) is 41.8 Å². The number of hydrogen-bond donors (Lipinski definition) is 0. The van der Waals surface area contributed by atoms with Crippen molar-refractivity contribution in [1.29, 1.82) is 0 Å². The Labute approximate surface area is 311 Å². The van der Waals surface area contributed by atoms with Gasteiger partial charge < -0.3 is 0 Å². The highest BCUT2D eigenvalue weighted by molar-refractivity contribution is 7.19. The summed E-state index contributed by atoms with van der Waals surface area (Å²) in [5.74, 6) is 0.592. The zero-order valence-corrected chi connectivity index (χ0v) is 32.4. The molecule has 0 fully saturated rings. The number of aryl methyl sites for hydroxylation is 2. The molecule has 4 nitrogen and oxygen atoms in total. The largest absolute Gasteiger partial charge is 0.249 e. The van der Waals surface area contributed by atoms with E-state index in [0.717, 1.165) is 125 Å². The summed E-state index contributed by atoms with van der Waals surface area (Å²) in [5, 5.41) is 0. The van der Waals surface area contributed by atoms with Crippen LogP contribution in [0, 0.1) is 23.5 Å². The zero-order chi connectivity index (χ0) is 35.8. The Kier molecular flexibility index (Phi) is 10.4. The summed E-state index contributed by atoms with van der Waals surface area (Å²) < 4.78 is 40.8. The van der Waals surface area contributed by atoms with Crippen molar-refractivity contribution in [3.05, 3.63) is 94.8 Å². The van der Waals surface area contributed by atoms with Crippen molar-refractivity contribution in [2.24, 2.45) is 11.8 Å². The fourth-order valence-electron chi connectivity index (χ4n) is 6.73. The first kappa shape index (κ1) is 35.5. The Hall–Kier alpha value is -3.92. The van der Waals surface area contributed by atoms with Crippen LogP contribution in [-0.4, -0.2) is 18.7 Å². The number of nitrogens with zero attached hydrogens (tertiary/aromatic N) is 4.